The molecule has 0 saturated carbocycles. The highest BCUT2D eigenvalue weighted by atomic mass is 19.1. The van der Waals surface area contributed by atoms with Crippen molar-refractivity contribution < 1.29 is 24.2 Å². The van der Waals surface area contributed by atoms with Gasteiger partial charge >= 0.3 is 6.09 Å². The highest BCUT2D eigenvalue weighted by Gasteiger charge is 2.25. The lowest BCUT2D eigenvalue weighted by molar-refractivity contribution is 0.0554. The van der Waals surface area contributed by atoms with Crippen molar-refractivity contribution in [3.05, 3.63) is 65.7 Å². The van der Waals surface area contributed by atoms with Crippen molar-refractivity contribution in [1.82, 2.24) is 19.5 Å². The number of hydrogen-bond acceptors (Lipinski definition) is 6. The Kier molecular flexibility index (Phi) is 5.77. The molecule has 0 radical (unpaired) electrons. The van der Waals surface area contributed by atoms with Crippen LogP contribution in [0.15, 0.2) is 48.7 Å². The Bertz CT molecular complexity index is 1070. The summed E-state index contributed by atoms with van der Waals surface area (Å²) in [5.74, 6) is -1.02. The zero-order valence-corrected chi connectivity index (χ0v) is 17.0. The fourth-order valence-corrected chi connectivity index (χ4v) is 3.59. The molecule has 0 unspecified atom stereocenters. The molecule has 3 heterocycles. The van der Waals surface area contributed by atoms with Crippen LogP contribution in [0, 0.1) is 12.7 Å². The number of amides is 1. The minimum atomic E-state index is -0.677. The first-order valence-electron chi connectivity index (χ1n) is 9.92. The minimum absolute atomic E-state index is 0.277. The Hall–Kier alpha value is -3.59. The van der Waals surface area contributed by atoms with Gasteiger partial charge in [-0.3, -0.25) is 9.88 Å². The predicted octanol–water partition coefficient (Wildman–Crippen LogP) is 2.78. The molecule has 2 N–H and O–H groups in total. The zero-order chi connectivity index (χ0) is 22.0. The summed E-state index contributed by atoms with van der Waals surface area (Å²) in [5, 5.41) is 19.2. The average molecular weight is 426 g/mol. The second kappa shape index (κ2) is 8.65. The molecular weight excluding hydrogens is 403 g/mol. The molecule has 1 aromatic carbocycles. The van der Waals surface area contributed by atoms with Crippen LogP contribution in [0.1, 0.15) is 11.3 Å². The number of benzene rings is 1. The lowest BCUT2D eigenvalue weighted by atomic mass is 10.0. The highest BCUT2D eigenvalue weighted by molar-refractivity contribution is 5.68. The van der Waals surface area contributed by atoms with Gasteiger partial charge < -0.3 is 20.0 Å². The normalized spacial score (nSPS) is 14.6. The van der Waals surface area contributed by atoms with Crippen LogP contribution in [-0.4, -0.2) is 62.0 Å². The topological polar surface area (TPSA) is 91.1 Å². The van der Waals surface area contributed by atoms with E-state index in [0.717, 1.165) is 16.8 Å². The average Bonchev–Trinajstić information content (AvgIpc) is 3.08. The molecule has 0 aliphatic carbocycles. The second-order valence-electron chi connectivity index (χ2n) is 7.41. The molecular formula is C22H23FN4O4. The van der Waals surface area contributed by atoms with E-state index in [2.05, 4.69) is 9.88 Å². The molecule has 1 saturated heterocycles. The van der Waals surface area contributed by atoms with E-state index in [-0.39, 0.29) is 17.6 Å². The van der Waals surface area contributed by atoms with Crippen LogP contribution >= 0.6 is 0 Å². The Morgan fingerprint density at radius 2 is 1.81 bits per heavy atom. The first kappa shape index (κ1) is 20.7. The molecule has 1 amide bonds. The van der Waals surface area contributed by atoms with Crippen LogP contribution in [-0.2, 0) is 6.54 Å². The van der Waals surface area contributed by atoms with Gasteiger partial charge in [0.1, 0.15) is 5.82 Å². The van der Waals surface area contributed by atoms with E-state index in [9.17, 15) is 19.4 Å². The third-order valence-corrected chi connectivity index (χ3v) is 5.36. The summed E-state index contributed by atoms with van der Waals surface area (Å²) in [6, 6.07) is 11.4. The van der Waals surface area contributed by atoms with Gasteiger partial charge in [0.15, 0.2) is 0 Å². The molecule has 8 nitrogen and oxygen atoms in total. The molecule has 4 rings (SSSR count). The fourth-order valence-electron chi connectivity index (χ4n) is 3.59. The molecule has 0 atom stereocenters. The zero-order valence-electron chi connectivity index (χ0n) is 17.0. The summed E-state index contributed by atoms with van der Waals surface area (Å²) >= 11 is 0. The van der Waals surface area contributed by atoms with Crippen molar-refractivity contribution in [2.45, 2.75) is 13.5 Å². The van der Waals surface area contributed by atoms with Crippen molar-refractivity contribution in [2.24, 2.45) is 0 Å². The Morgan fingerprint density at radius 3 is 2.45 bits per heavy atom. The molecule has 0 bridgehead atoms. The van der Waals surface area contributed by atoms with Crippen molar-refractivity contribution >= 4 is 6.09 Å². The molecule has 0 spiro atoms. The molecule has 3 aromatic rings. The maximum atomic E-state index is 14.7. The number of hydrogen-bond donors (Lipinski definition) is 2. The number of pyridine rings is 1. The number of carbonyl (C=O) groups excluding carboxylic acids is 1. The van der Waals surface area contributed by atoms with E-state index in [4.69, 9.17) is 4.84 Å². The molecule has 31 heavy (non-hydrogen) atoms. The van der Waals surface area contributed by atoms with Crippen molar-refractivity contribution in [1.29, 1.82) is 0 Å². The monoisotopic (exact) mass is 426 g/mol. The van der Waals surface area contributed by atoms with Gasteiger partial charge in [-0.15, -0.1) is 4.73 Å². The van der Waals surface area contributed by atoms with Crippen LogP contribution in [0.5, 0.6) is 11.8 Å². The predicted molar refractivity (Wildman–Crippen MR) is 111 cm³/mol. The molecule has 1 fully saturated rings. The third-order valence-electron chi connectivity index (χ3n) is 5.36. The van der Waals surface area contributed by atoms with E-state index in [1.165, 1.54) is 23.1 Å². The number of halogens is 1. The second-order valence-corrected chi connectivity index (χ2v) is 7.41. The number of rotatable bonds is 4. The van der Waals surface area contributed by atoms with Crippen LogP contribution < -0.4 is 4.84 Å². The highest BCUT2D eigenvalue weighted by Crippen LogP contribution is 2.25. The van der Waals surface area contributed by atoms with Crippen molar-refractivity contribution in [3.63, 3.8) is 0 Å². The smallest absolute Gasteiger partial charge is 0.434 e. The lowest BCUT2D eigenvalue weighted by Crippen LogP contribution is -2.50. The van der Waals surface area contributed by atoms with Crippen LogP contribution in [0.25, 0.3) is 11.1 Å². The van der Waals surface area contributed by atoms with E-state index >= 15 is 0 Å². The van der Waals surface area contributed by atoms with Gasteiger partial charge in [-0.05, 0) is 24.6 Å². The van der Waals surface area contributed by atoms with E-state index in [1.807, 2.05) is 25.1 Å². The number of carbonyl (C=O) groups is 1. The standard InChI is InChI=1S/C22H23FN4O4/c1-15-18(3-2-8-24-15)16-4-5-17(19(23)13-16)14-25-9-11-26(12-10-25)22(30)31-27-20(28)6-7-21(27)29/h2-8,13,28-29H,9-12,14H2,1H3. The van der Waals surface area contributed by atoms with Crippen LogP contribution in [0.3, 0.4) is 0 Å². The number of piperazine rings is 1. The van der Waals surface area contributed by atoms with Crippen molar-refractivity contribution in [3.8, 4) is 22.9 Å². The summed E-state index contributed by atoms with van der Waals surface area (Å²) in [7, 11) is 0. The van der Waals surface area contributed by atoms with Crippen LogP contribution in [0.4, 0.5) is 9.18 Å². The SMILES string of the molecule is Cc1ncccc1-c1ccc(CN2CCN(C(=O)On3c(O)ccc3O)CC2)c(F)c1. The first-order valence-corrected chi connectivity index (χ1v) is 9.92. The van der Waals surface area contributed by atoms with Crippen molar-refractivity contribution in [2.75, 3.05) is 26.2 Å². The molecule has 1 aliphatic rings. The van der Waals surface area contributed by atoms with Gasteiger partial charge in [0.2, 0.25) is 11.8 Å². The van der Waals surface area contributed by atoms with Gasteiger partial charge in [-0.1, -0.05) is 18.2 Å². The van der Waals surface area contributed by atoms with Gasteiger partial charge in [0.25, 0.3) is 0 Å². The van der Waals surface area contributed by atoms with E-state index in [0.29, 0.717) is 43.0 Å². The summed E-state index contributed by atoms with van der Waals surface area (Å²) < 4.78 is 15.4. The number of aromatic hydroxyl groups is 2. The number of nitrogens with zero attached hydrogens (tertiary/aromatic N) is 4. The Balaban J connectivity index is 1.35. The Morgan fingerprint density at radius 1 is 1.10 bits per heavy atom. The summed E-state index contributed by atoms with van der Waals surface area (Å²) in [6.07, 6.45) is 1.03. The quantitative estimate of drug-likeness (QED) is 0.667. The number of aromatic nitrogens is 2. The third kappa shape index (κ3) is 4.46. The van der Waals surface area contributed by atoms with Gasteiger partial charge in [-0.2, -0.15) is 0 Å². The van der Waals surface area contributed by atoms with Gasteiger partial charge in [-0.25, -0.2) is 9.18 Å². The van der Waals surface area contributed by atoms with Crippen LogP contribution in [0.2, 0.25) is 0 Å². The van der Waals surface area contributed by atoms with Gasteiger partial charge in [0.05, 0.1) is 0 Å². The van der Waals surface area contributed by atoms with Gasteiger partial charge in [0, 0.05) is 67.9 Å². The molecule has 1 aliphatic heterocycles. The van der Waals surface area contributed by atoms with E-state index in [1.54, 1.807) is 12.3 Å². The fraction of sp³-hybridized carbons (Fsp3) is 0.273. The maximum absolute atomic E-state index is 14.7. The molecule has 9 heteroatoms. The summed E-state index contributed by atoms with van der Waals surface area (Å²) in [4.78, 5) is 25.1. The number of aryl methyl sites for hydroxylation is 1. The summed E-state index contributed by atoms with van der Waals surface area (Å²) in [5.41, 5.74) is 3.12. The maximum Gasteiger partial charge on any atom is 0.434 e. The first-order chi connectivity index (χ1) is 14.9. The van der Waals surface area contributed by atoms with E-state index < -0.39 is 6.09 Å². The molecule has 162 valence electrons. The summed E-state index contributed by atoms with van der Waals surface area (Å²) in [6.45, 7) is 4.18. The minimum Gasteiger partial charge on any atom is -0.492 e. The largest absolute Gasteiger partial charge is 0.492 e. The lowest BCUT2D eigenvalue weighted by Gasteiger charge is -2.34. The Labute approximate surface area is 178 Å². The molecule has 2 aromatic heterocycles.